The number of carbonyl (C=O) groups is 2. The Labute approximate surface area is 146 Å². The van der Waals surface area contributed by atoms with E-state index in [1.807, 2.05) is 6.20 Å². The average molecular weight is 341 g/mol. The summed E-state index contributed by atoms with van der Waals surface area (Å²) in [7, 11) is 0. The molecule has 1 aliphatic heterocycles. The molecule has 0 saturated carbocycles. The van der Waals surface area contributed by atoms with Gasteiger partial charge in [-0.1, -0.05) is 0 Å². The first-order chi connectivity index (χ1) is 12.1. The maximum Gasteiger partial charge on any atom is 0.248 e. The van der Waals surface area contributed by atoms with Gasteiger partial charge < -0.3 is 20.9 Å². The van der Waals surface area contributed by atoms with Crippen LogP contribution in [0, 0.1) is 0 Å². The molecular formula is C18H23N5O2. The molecule has 3 rings (SSSR count). The summed E-state index contributed by atoms with van der Waals surface area (Å²) in [6.45, 7) is 2.66. The second-order valence-electron chi connectivity index (χ2n) is 6.35. The van der Waals surface area contributed by atoms with Crippen LogP contribution in [0.3, 0.4) is 0 Å². The van der Waals surface area contributed by atoms with Crippen molar-refractivity contribution in [3.63, 3.8) is 0 Å². The van der Waals surface area contributed by atoms with Crippen LogP contribution in [-0.2, 0) is 4.79 Å². The Bertz CT molecular complexity index is 712. The Hall–Kier alpha value is -2.67. The van der Waals surface area contributed by atoms with E-state index in [0.29, 0.717) is 23.6 Å². The molecule has 0 aliphatic carbocycles. The van der Waals surface area contributed by atoms with Gasteiger partial charge in [-0.05, 0) is 43.7 Å². The molecule has 1 aromatic heterocycles. The van der Waals surface area contributed by atoms with E-state index in [1.165, 1.54) is 0 Å². The predicted octanol–water partition coefficient (Wildman–Crippen LogP) is 1.72. The molecule has 0 spiro atoms. The molecule has 1 aliphatic rings. The number of amides is 2. The number of hydrogen-bond donors (Lipinski definition) is 3. The van der Waals surface area contributed by atoms with Gasteiger partial charge in [0.1, 0.15) is 5.82 Å². The van der Waals surface area contributed by atoms with Gasteiger partial charge in [-0.2, -0.15) is 0 Å². The zero-order valence-electron chi connectivity index (χ0n) is 14.1. The lowest BCUT2D eigenvalue weighted by atomic mass is 9.97. The minimum absolute atomic E-state index is 0.0352. The number of carbonyl (C=O) groups excluding carboxylic acids is 2. The highest BCUT2D eigenvalue weighted by Crippen LogP contribution is 2.24. The van der Waals surface area contributed by atoms with E-state index >= 15 is 0 Å². The van der Waals surface area contributed by atoms with Crippen LogP contribution >= 0.6 is 0 Å². The third kappa shape index (κ3) is 4.67. The summed E-state index contributed by atoms with van der Waals surface area (Å²) < 4.78 is 0. The first-order valence-corrected chi connectivity index (χ1v) is 8.53. The first kappa shape index (κ1) is 17.2. The average Bonchev–Trinajstić information content (AvgIpc) is 3.15. The van der Waals surface area contributed by atoms with Crippen LogP contribution in [0.2, 0.25) is 0 Å². The molecular weight excluding hydrogens is 318 g/mol. The number of imidazole rings is 1. The number of rotatable bonds is 6. The lowest BCUT2D eigenvalue weighted by Crippen LogP contribution is -2.36. The largest absolute Gasteiger partial charge is 0.366 e. The number of nitrogens with two attached hydrogens (primary N) is 1. The highest BCUT2D eigenvalue weighted by atomic mass is 16.2. The topological polar surface area (TPSA) is 104 Å². The quantitative estimate of drug-likeness (QED) is 0.744. The van der Waals surface area contributed by atoms with Gasteiger partial charge in [0, 0.05) is 49.1 Å². The van der Waals surface area contributed by atoms with Gasteiger partial charge in [0.05, 0.1) is 0 Å². The fraction of sp³-hybridized carbons (Fsp3) is 0.389. The van der Waals surface area contributed by atoms with Crippen molar-refractivity contribution < 1.29 is 9.59 Å². The van der Waals surface area contributed by atoms with Crippen molar-refractivity contribution in [2.75, 3.05) is 25.0 Å². The van der Waals surface area contributed by atoms with Crippen LogP contribution < -0.4 is 11.1 Å². The molecule has 25 heavy (non-hydrogen) atoms. The second-order valence-corrected chi connectivity index (χ2v) is 6.35. The molecule has 1 saturated heterocycles. The molecule has 1 fully saturated rings. The number of aromatic amines is 1. The van der Waals surface area contributed by atoms with Crippen molar-refractivity contribution in [2.45, 2.75) is 25.2 Å². The van der Waals surface area contributed by atoms with E-state index in [1.54, 1.807) is 30.5 Å². The number of nitrogens with one attached hydrogen (secondary N) is 2. The number of anilines is 1. The van der Waals surface area contributed by atoms with E-state index in [0.717, 1.165) is 38.3 Å². The summed E-state index contributed by atoms with van der Waals surface area (Å²) in [5, 5.41) is 2.85. The van der Waals surface area contributed by atoms with Gasteiger partial charge in [0.25, 0.3) is 0 Å². The van der Waals surface area contributed by atoms with Gasteiger partial charge in [0.2, 0.25) is 11.8 Å². The number of hydrogen-bond acceptors (Lipinski definition) is 4. The summed E-state index contributed by atoms with van der Waals surface area (Å²) in [6, 6.07) is 6.59. The third-order valence-electron chi connectivity index (χ3n) is 4.52. The maximum absolute atomic E-state index is 12.1. The Kier molecular flexibility index (Phi) is 5.45. The number of likely N-dealkylation sites (tertiary alicyclic amines) is 1. The van der Waals surface area contributed by atoms with E-state index in [9.17, 15) is 9.59 Å². The summed E-state index contributed by atoms with van der Waals surface area (Å²) in [5.41, 5.74) is 6.30. The summed E-state index contributed by atoms with van der Waals surface area (Å²) >= 11 is 0. The summed E-state index contributed by atoms with van der Waals surface area (Å²) in [4.78, 5) is 33.0. The Balaban J connectivity index is 1.46. The van der Waals surface area contributed by atoms with Crippen LogP contribution in [-0.4, -0.2) is 46.3 Å². The fourth-order valence-corrected chi connectivity index (χ4v) is 3.18. The number of nitrogens with zero attached hydrogens (tertiary/aromatic N) is 2. The first-order valence-electron chi connectivity index (χ1n) is 8.53. The monoisotopic (exact) mass is 341 g/mol. The van der Waals surface area contributed by atoms with Crippen LogP contribution in [0.1, 0.15) is 41.4 Å². The number of benzene rings is 1. The lowest BCUT2D eigenvalue weighted by molar-refractivity contribution is -0.116. The summed E-state index contributed by atoms with van der Waals surface area (Å²) in [6.07, 6.45) is 6.31. The van der Waals surface area contributed by atoms with Crippen LogP contribution in [0.5, 0.6) is 0 Å². The molecule has 0 radical (unpaired) electrons. The molecule has 4 N–H and O–H groups in total. The fourth-order valence-electron chi connectivity index (χ4n) is 3.18. The minimum atomic E-state index is -0.478. The van der Waals surface area contributed by atoms with E-state index in [4.69, 9.17) is 5.73 Å². The maximum atomic E-state index is 12.1. The van der Waals surface area contributed by atoms with Crippen molar-refractivity contribution in [2.24, 2.45) is 5.73 Å². The van der Waals surface area contributed by atoms with Gasteiger partial charge in [-0.3, -0.25) is 9.59 Å². The number of H-pyrrole nitrogens is 1. The Morgan fingerprint density at radius 3 is 2.80 bits per heavy atom. The molecule has 7 heteroatoms. The van der Waals surface area contributed by atoms with Crippen LogP contribution in [0.4, 0.5) is 5.69 Å². The van der Waals surface area contributed by atoms with Gasteiger partial charge in [-0.25, -0.2) is 4.98 Å². The van der Waals surface area contributed by atoms with E-state index < -0.39 is 5.91 Å². The van der Waals surface area contributed by atoms with E-state index in [-0.39, 0.29) is 5.91 Å². The minimum Gasteiger partial charge on any atom is -0.366 e. The number of primary amides is 1. The Morgan fingerprint density at radius 2 is 2.12 bits per heavy atom. The second kappa shape index (κ2) is 7.94. The molecule has 1 atom stereocenters. The van der Waals surface area contributed by atoms with Crippen molar-refractivity contribution in [1.29, 1.82) is 0 Å². The van der Waals surface area contributed by atoms with Gasteiger partial charge in [-0.15, -0.1) is 0 Å². The third-order valence-corrected chi connectivity index (χ3v) is 4.52. The van der Waals surface area contributed by atoms with Crippen molar-refractivity contribution >= 4 is 17.5 Å². The van der Waals surface area contributed by atoms with Crippen LogP contribution in [0.25, 0.3) is 0 Å². The highest BCUT2D eigenvalue weighted by Gasteiger charge is 2.23. The lowest BCUT2D eigenvalue weighted by Gasteiger charge is -2.31. The van der Waals surface area contributed by atoms with E-state index in [2.05, 4.69) is 20.2 Å². The highest BCUT2D eigenvalue weighted by molar-refractivity contribution is 5.94. The van der Waals surface area contributed by atoms with Gasteiger partial charge in [0.15, 0.2) is 0 Å². The van der Waals surface area contributed by atoms with Crippen LogP contribution in [0.15, 0.2) is 36.7 Å². The summed E-state index contributed by atoms with van der Waals surface area (Å²) in [5.74, 6) is 0.929. The smallest absolute Gasteiger partial charge is 0.248 e. The predicted molar refractivity (Wildman–Crippen MR) is 95.2 cm³/mol. The Morgan fingerprint density at radius 1 is 1.32 bits per heavy atom. The normalized spacial score (nSPS) is 18.0. The molecule has 2 amide bonds. The molecule has 7 nitrogen and oxygen atoms in total. The molecule has 0 unspecified atom stereocenters. The van der Waals surface area contributed by atoms with Crippen molar-refractivity contribution in [3.05, 3.63) is 48.0 Å². The molecule has 1 aromatic carbocycles. The molecule has 2 heterocycles. The standard InChI is InChI=1S/C18H23N5O2/c19-17(25)13-3-5-15(6-4-13)22-16(24)7-11-23-10-1-2-14(12-23)18-20-8-9-21-18/h3-6,8-9,14H,1-2,7,10-12H2,(H2,19,25)(H,20,21)(H,22,24)/t14-/m0/s1. The van der Waals surface area contributed by atoms with Crippen molar-refractivity contribution in [1.82, 2.24) is 14.9 Å². The number of aromatic nitrogens is 2. The SMILES string of the molecule is NC(=O)c1ccc(NC(=O)CCN2CCC[C@H](c3ncc[nH]3)C2)cc1. The number of piperidine rings is 1. The van der Waals surface area contributed by atoms with Crippen molar-refractivity contribution in [3.8, 4) is 0 Å². The van der Waals surface area contributed by atoms with Gasteiger partial charge >= 0.3 is 0 Å². The molecule has 0 bridgehead atoms. The zero-order chi connectivity index (χ0) is 17.6. The molecule has 2 aromatic rings. The zero-order valence-corrected chi connectivity index (χ0v) is 14.1. The molecule has 132 valence electrons.